The Labute approximate surface area is 156 Å². The Bertz CT molecular complexity index is 1050. The summed E-state index contributed by atoms with van der Waals surface area (Å²) in [6, 6.07) is 9.28. The van der Waals surface area contributed by atoms with Crippen molar-refractivity contribution in [2.75, 3.05) is 0 Å². The van der Waals surface area contributed by atoms with Crippen LogP contribution in [0.3, 0.4) is 0 Å². The molecule has 0 radical (unpaired) electrons. The van der Waals surface area contributed by atoms with Crippen molar-refractivity contribution in [1.29, 1.82) is 0 Å². The minimum atomic E-state index is -0.398. The van der Waals surface area contributed by atoms with Crippen LogP contribution >= 0.6 is 0 Å². The highest BCUT2D eigenvalue weighted by Crippen LogP contribution is 2.29. The van der Waals surface area contributed by atoms with Crippen LogP contribution in [0, 0.1) is 13.8 Å². The van der Waals surface area contributed by atoms with Gasteiger partial charge in [-0.3, -0.25) is 25.4 Å². The van der Waals surface area contributed by atoms with Gasteiger partial charge in [0.05, 0.1) is 16.6 Å². The van der Waals surface area contributed by atoms with Crippen molar-refractivity contribution in [3.63, 3.8) is 0 Å². The largest absolute Gasteiger partial charge is 0.466 e. The summed E-state index contributed by atoms with van der Waals surface area (Å²) in [5, 5.41) is 0.806. The first-order valence-corrected chi connectivity index (χ1v) is 9.13. The third-order valence-electron chi connectivity index (χ3n) is 4.97. The molecular formula is C21H21N3O3. The number of aromatic nitrogens is 1. The number of carbonyl (C=O) groups is 2. The highest BCUT2D eigenvalue weighted by Gasteiger charge is 2.23. The molecule has 4 rings (SSSR count). The fraction of sp³-hybridized carbons (Fsp3) is 0.286. The molecule has 2 N–H and O–H groups in total. The third kappa shape index (κ3) is 3.18. The predicted octanol–water partition coefficient (Wildman–Crippen LogP) is 3.40. The normalized spacial score (nSPS) is 13.3. The number of amides is 2. The van der Waals surface area contributed by atoms with Crippen LogP contribution < -0.4 is 10.9 Å². The summed E-state index contributed by atoms with van der Waals surface area (Å²) < 4.78 is 5.38. The van der Waals surface area contributed by atoms with Gasteiger partial charge in [0.15, 0.2) is 0 Å². The lowest BCUT2D eigenvalue weighted by Gasteiger charge is -2.20. The van der Waals surface area contributed by atoms with Gasteiger partial charge in [-0.1, -0.05) is 18.2 Å². The lowest BCUT2D eigenvalue weighted by atomic mass is 9.89. The molecule has 3 aromatic rings. The van der Waals surface area contributed by atoms with Gasteiger partial charge in [-0.2, -0.15) is 0 Å². The highest BCUT2D eigenvalue weighted by molar-refractivity contribution is 6.08. The van der Waals surface area contributed by atoms with Crippen molar-refractivity contribution in [2.24, 2.45) is 0 Å². The Morgan fingerprint density at radius 2 is 1.78 bits per heavy atom. The first-order chi connectivity index (χ1) is 13.0. The van der Waals surface area contributed by atoms with Gasteiger partial charge in [0.2, 0.25) is 0 Å². The van der Waals surface area contributed by atoms with Crippen molar-refractivity contribution in [3.05, 3.63) is 64.2 Å². The van der Waals surface area contributed by atoms with E-state index in [0.29, 0.717) is 22.6 Å². The molecule has 0 fully saturated rings. The second-order valence-corrected chi connectivity index (χ2v) is 6.87. The van der Waals surface area contributed by atoms with Crippen molar-refractivity contribution in [2.45, 2.75) is 39.5 Å². The SMILES string of the molecule is Cc1cc(C(=O)NNC(=O)c2c3c(nc4ccccc24)CCCC3)c(C)o1. The Morgan fingerprint density at radius 1 is 1.04 bits per heavy atom. The van der Waals surface area contributed by atoms with Crippen molar-refractivity contribution in [3.8, 4) is 0 Å². The topological polar surface area (TPSA) is 84.2 Å². The summed E-state index contributed by atoms with van der Waals surface area (Å²) in [6.45, 7) is 3.49. The van der Waals surface area contributed by atoms with Gasteiger partial charge in [-0.15, -0.1) is 0 Å². The zero-order valence-corrected chi connectivity index (χ0v) is 15.4. The number of nitrogens with zero attached hydrogens (tertiary/aromatic N) is 1. The molecular weight excluding hydrogens is 342 g/mol. The van der Waals surface area contributed by atoms with Gasteiger partial charge in [0.25, 0.3) is 11.8 Å². The van der Waals surface area contributed by atoms with Crippen LogP contribution in [0.2, 0.25) is 0 Å². The number of pyridine rings is 1. The van der Waals surface area contributed by atoms with Crippen molar-refractivity contribution < 1.29 is 14.0 Å². The molecule has 0 saturated heterocycles. The number of furan rings is 1. The van der Waals surface area contributed by atoms with E-state index in [1.165, 1.54) is 0 Å². The molecule has 0 saturated carbocycles. The maximum atomic E-state index is 13.0. The second-order valence-electron chi connectivity index (χ2n) is 6.87. The molecule has 2 amide bonds. The smallest absolute Gasteiger partial charge is 0.273 e. The van der Waals surface area contributed by atoms with E-state index < -0.39 is 5.91 Å². The molecule has 0 unspecified atom stereocenters. The summed E-state index contributed by atoms with van der Waals surface area (Å²) in [7, 11) is 0. The number of para-hydroxylation sites is 1. The molecule has 1 aromatic carbocycles. The first-order valence-electron chi connectivity index (χ1n) is 9.13. The lowest BCUT2D eigenvalue weighted by molar-refractivity contribution is 0.0846. The number of hydrogen-bond donors (Lipinski definition) is 2. The Hall–Kier alpha value is -3.15. The van der Waals surface area contributed by atoms with E-state index in [1.807, 2.05) is 24.3 Å². The van der Waals surface area contributed by atoms with Crippen LogP contribution in [0.1, 0.15) is 56.3 Å². The number of benzene rings is 1. The molecule has 2 aromatic heterocycles. The zero-order chi connectivity index (χ0) is 19.0. The number of fused-ring (bicyclic) bond motifs is 2. The van der Waals surface area contributed by atoms with Crippen molar-refractivity contribution in [1.82, 2.24) is 15.8 Å². The van der Waals surface area contributed by atoms with E-state index in [1.54, 1.807) is 19.9 Å². The van der Waals surface area contributed by atoms with Crippen LogP contribution in [0.15, 0.2) is 34.7 Å². The third-order valence-corrected chi connectivity index (χ3v) is 4.97. The number of nitrogens with one attached hydrogen (secondary N) is 2. The molecule has 2 heterocycles. The van der Waals surface area contributed by atoms with E-state index in [2.05, 4.69) is 10.9 Å². The fourth-order valence-corrected chi connectivity index (χ4v) is 3.73. The van der Waals surface area contributed by atoms with E-state index in [0.717, 1.165) is 47.8 Å². The Balaban J connectivity index is 1.64. The number of hydrogen-bond acceptors (Lipinski definition) is 4. The second kappa shape index (κ2) is 6.87. The summed E-state index contributed by atoms with van der Waals surface area (Å²) in [6.07, 6.45) is 3.81. The Morgan fingerprint density at radius 3 is 2.56 bits per heavy atom. The molecule has 6 heteroatoms. The van der Waals surface area contributed by atoms with Gasteiger partial charge in [0, 0.05) is 11.1 Å². The van der Waals surface area contributed by atoms with E-state index in [4.69, 9.17) is 9.40 Å². The van der Waals surface area contributed by atoms with Crippen LogP contribution in [-0.2, 0) is 12.8 Å². The van der Waals surface area contributed by atoms with Gasteiger partial charge in [-0.05, 0) is 57.2 Å². The quantitative estimate of drug-likeness (QED) is 0.684. The summed E-state index contributed by atoms with van der Waals surface area (Å²) >= 11 is 0. The molecule has 0 spiro atoms. The minimum absolute atomic E-state index is 0.321. The van der Waals surface area contributed by atoms with E-state index in [-0.39, 0.29) is 5.91 Å². The Kier molecular flexibility index (Phi) is 4.39. The fourth-order valence-electron chi connectivity index (χ4n) is 3.73. The number of aryl methyl sites for hydroxylation is 3. The molecule has 27 heavy (non-hydrogen) atoms. The van der Waals surface area contributed by atoms with E-state index >= 15 is 0 Å². The van der Waals surface area contributed by atoms with Gasteiger partial charge >= 0.3 is 0 Å². The average molecular weight is 363 g/mol. The maximum Gasteiger partial charge on any atom is 0.273 e. The minimum Gasteiger partial charge on any atom is -0.466 e. The maximum absolute atomic E-state index is 13.0. The molecule has 6 nitrogen and oxygen atoms in total. The molecule has 1 aliphatic rings. The first kappa shape index (κ1) is 17.3. The van der Waals surface area contributed by atoms with Crippen LogP contribution in [0.25, 0.3) is 10.9 Å². The average Bonchev–Trinajstić information content (AvgIpc) is 3.02. The van der Waals surface area contributed by atoms with Crippen molar-refractivity contribution >= 4 is 22.7 Å². The van der Waals surface area contributed by atoms with Gasteiger partial charge in [0.1, 0.15) is 11.5 Å². The summed E-state index contributed by atoms with van der Waals surface area (Å²) in [4.78, 5) is 30.1. The zero-order valence-electron chi connectivity index (χ0n) is 15.4. The van der Waals surface area contributed by atoms with Crippen LogP contribution in [-0.4, -0.2) is 16.8 Å². The van der Waals surface area contributed by atoms with Crippen LogP contribution in [0.4, 0.5) is 0 Å². The number of hydrazine groups is 1. The summed E-state index contributed by atoms with van der Waals surface area (Å²) in [5.74, 6) is 0.451. The van der Waals surface area contributed by atoms with Gasteiger partial charge < -0.3 is 4.42 Å². The lowest BCUT2D eigenvalue weighted by Crippen LogP contribution is -2.42. The molecule has 0 aliphatic heterocycles. The van der Waals surface area contributed by atoms with Gasteiger partial charge in [-0.25, -0.2) is 0 Å². The highest BCUT2D eigenvalue weighted by atomic mass is 16.3. The molecule has 138 valence electrons. The van der Waals surface area contributed by atoms with Crippen LogP contribution in [0.5, 0.6) is 0 Å². The predicted molar refractivity (Wildman–Crippen MR) is 101 cm³/mol. The summed E-state index contributed by atoms with van der Waals surface area (Å²) in [5.41, 5.74) is 8.86. The van der Waals surface area contributed by atoms with E-state index in [9.17, 15) is 9.59 Å². The molecule has 0 bridgehead atoms. The number of rotatable bonds is 2. The molecule has 0 atom stereocenters. The molecule has 1 aliphatic carbocycles. The monoisotopic (exact) mass is 363 g/mol. The standard InChI is InChI=1S/C21H21N3O3/c1-12-11-16(13(2)27-12)20(25)23-24-21(26)19-14-7-3-5-9-17(14)22-18-10-6-4-8-15(18)19/h3,5,7,9,11H,4,6,8,10H2,1-2H3,(H,23,25)(H,24,26). The number of carbonyl (C=O) groups excluding carboxylic acids is 2.